The Morgan fingerprint density at radius 3 is 3.18 bits per heavy atom. The van der Waals surface area contributed by atoms with E-state index in [0.29, 0.717) is 12.1 Å². The first-order valence-electron chi connectivity index (χ1n) is 5.38. The Bertz CT molecular complexity index is 581. The number of carbonyl (C=O) groups is 1. The number of benzene rings is 1. The van der Waals surface area contributed by atoms with Crippen LogP contribution in [0.3, 0.4) is 0 Å². The highest BCUT2D eigenvalue weighted by atomic mass is 16.1. The second kappa shape index (κ2) is 4.66. The van der Waals surface area contributed by atoms with Gasteiger partial charge in [0.15, 0.2) is 0 Å². The Kier molecular flexibility index (Phi) is 3.06. The van der Waals surface area contributed by atoms with E-state index in [-0.39, 0.29) is 5.91 Å². The fraction of sp³-hybridized carbons (Fsp3) is 0.250. The Balaban J connectivity index is 2.18. The van der Waals surface area contributed by atoms with Crippen LogP contribution in [0.2, 0.25) is 0 Å². The summed E-state index contributed by atoms with van der Waals surface area (Å²) >= 11 is 0. The third-order valence-electron chi connectivity index (χ3n) is 2.57. The van der Waals surface area contributed by atoms with Gasteiger partial charge in [0, 0.05) is 5.69 Å². The molecular formula is C12H12N4O. The summed E-state index contributed by atoms with van der Waals surface area (Å²) in [5, 5.41) is 11.5. The van der Waals surface area contributed by atoms with Crippen molar-refractivity contribution in [1.29, 1.82) is 5.26 Å². The number of H-pyrrole nitrogens is 1. The highest BCUT2D eigenvalue weighted by molar-refractivity contribution is 5.95. The lowest BCUT2D eigenvalue weighted by atomic mass is 10.1. The van der Waals surface area contributed by atoms with Crippen LogP contribution in [-0.2, 0) is 4.79 Å². The van der Waals surface area contributed by atoms with Crippen LogP contribution in [0.4, 0.5) is 5.69 Å². The summed E-state index contributed by atoms with van der Waals surface area (Å²) in [5.41, 5.74) is 2.36. The number of rotatable bonds is 3. The van der Waals surface area contributed by atoms with Crippen LogP contribution in [0.5, 0.6) is 0 Å². The molecule has 17 heavy (non-hydrogen) atoms. The van der Waals surface area contributed by atoms with Gasteiger partial charge in [-0.1, -0.05) is 6.92 Å². The lowest BCUT2D eigenvalue weighted by Gasteiger charge is -2.07. The van der Waals surface area contributed by atoms with Crippen molar-refractivity contribution >= 4 is 22.6 Å². The van der Waals surface area contributed by atoms with Crippen molar-refractivity contribution in [3.8, 4) is 6.07 Å². The number of nitrogens with zero attached hydrogens (tertiary/aromatic N) is 2. The minimum atomic E-state index is -0.604. The zero-order valence-electron chi connectivity index (χ0n) is 9.40. The molecule has 1 unspecified atom stereocenters. The number of hydrogen-bond acceptors (Lipinski definition) is 3. The topological polar surface area (TPSA) is 81.6 Å². The Morgan fingerprint density at radius 2 is 2.47 bits per heavy atom. The molecule has 1 aromatic carbocycles. The molecule has 0 saturated carbocycles. The number of carbonyl (C=O) groups excluding carboxylic acids is 1. The van der Waals surface area contributed by atoms with E-state index in [1.165, 1.54) is 0 Å². The number of nitriles is 1. The summed E-state index contributed by atoms with van der Waals surface area (Å²) in [7, 11) is 0. The molecule has 1 aromatic heterocycles. The van der Waals surface area contributed by atoms with Gasteiger partial charge in [-0.05, 0) is 24.6 Å². The number of aromatic nitrogens is 2. The maximum atomic E-state index is 11.7. The number of nitrogens with one attached hydrogen (secondary N) is 2. The summed E-state index contributed by atoms with van der Waals surface area (Å²) in [6.45, 7) is 1.81. The second-order valence-electron chi connectivity index (χ2n) is 3.71. The van der Waals surface area contributed by atoms with Crippen molar-refractivity contribution in [2.45, 2.75) is 13.3 Å². The van der Waals surface area contributed by atoms with Gasteiger partial charge in [0.25, 0.3) is 0 Å². The van der Waals surface area contributed by atoms with E-state index in [4.69, 9.17) is 5.26 Å². The predicted molar refractivity (Wildman–Crippen MR) is 64.1 cm³/mol. The van der Waals surface area contributed by atoms with Gasteiger partial charge in [0.2, 0.25) is 5.91 Å². The van der Waals surface area contributed by atoms with Gasteiger partial charge < -0.3 is 10.3 Å². The van der Waals surface area contributed by atoms with Crippen molar-refractivity contribution in [2.75, 3.05) is 5.32 Å². The fourth-order valence-corrected chi connectivity index (χ4v) is 1.58. The largest absolute Gasteiger partial charge is 0.345 e. The summed E-state index contributed by atoms with van der Waals surface area (Å²) in [5.74, 6) is -0.874. The van der Waals surface area contributed by atoms with E-state index in [0.717, 1.165) is 11.0 Å². The Morgan fingerprint density at radius 1 is 1.65 bits per heavy atom. The Labute approximate surface area is 98.5 Å². The lowest BCUT2D eigenvalue weighted by molar-refractivity contribution is -0.118. The van der Waals surface area contributed by atoms with Gasteiger partial charge in [0.05, 0.1) is 23.4 Å². The molecule has 1 heterocycles. The molecule has 0 spiro atoms. The first kappa shape index (κ1) is 11.1. The summed E-state index contributed by atoms with van der Waals surface area (Å²) in [4.78, 5) is 18.7. The molecule has 1 amide bonds. The average molecular weight is 228 g/mol. The van der Waals surface area contributed by atoms with E-state index in [9.17, 15) is 4.79 Å². The van der Waals surface area contributed by atoms with E-state index in [1.807, 2.05) is 19.1 Å². The number of fused-ring (bicyclic) bond motifs is 1. The number of amides is 1. The van der Waals surface area contributed by atoms with Crippen molar-refractivity contribution in [2.24, 2.45) is 5.92 Å². The van der Waals surface area contributed by atoms with Crippen molar-refractivity contribution in [3.05, 3.63) is 24.5 Å². The van der Waals surface area contributed by atoms with Gasteiger partial charge in [-0.25, -0.2) is 4.98 Å². The average Bonchev–Trinajstić information content (AvgIpc) is 2.77. The molecule has 2 aromatic rings. The molecule has 0 saturated heterocycles. The number of imidazole rings is 1. The predicted octanol–water partition coefficient (Wildman–Crippen LogP) is 2.05. The minimum Gasteiger partial charge on any atom is -0.345 e. The molecule has 1 atom stereocenters. The fourth-order valence-electron chi connectivity index (χ4n) is 1.58. The minimum absolute atomic E-state index is 0.270. The molecule has 0 bridgehead atoms. The normalized spacial score (nSPS) is 12.0. The van der Waals surface area contributed by atoms with Crippen LogP contribution in [0.15, 0.2) is 24.5 Å². The molecule has 0 aliphatic carbocycles. The van der Waals surface area contributed by atoms with Crippen LogP contribution in [0.1, 0.15) is 13.3 Å². The smallest absolute Gasteiger partial charge is 0.241 e. The van der Waals surface area contributed by atoms with E-state index >= 15 is 0 Å². The molecule has 86 valence electrons. The van der Waals surface area contributed by atoms with Crippen LogP contribution >= 0.6 is 0 Å². The quantitative estimate of drug-likeness (QED) is 0.843. The van der Waals surface area contributed by atoms with Crippen molar-refractivity contribution in [3.63, 3.8) is 0 Å². The van der Waals surface area contributed by atoms with E-state index in [2.05, 4.69) is 15.3 Å². The molecular weight excluding hydrogens is 216 g/mol. The molecule has 5 heteroatoms. The van der Waals surface area contributed by atoms with Crippen LogP contribution in [0.25, 0.3) is 11.0 Å². The van der Waals surface area contributed by atoms with Gasteiger partial charge >= 0.3 is 0 Å². The summed E-state index contributed by atoms with van der Waals surface area (Å²) in [6.07, 6.45) is 2.11. The third kappa shape index (κ3) is 2.26. The van der Waals surface area contributed by atoms with Crippen LogP contribution in [0, 0.1) is 17.2 Å². The zero-order chi connectivity index (χ0) is 12.3. The lowest BCUT2D eigenvalue weighted by Crippen LogP contribution is -2.20. The first-order valence-corrected chi connectivity index (χ1v) is 5.38. The van der Waals surface area contributed by atoms with Gasteiger partial charge in [-0.15, -0.1) is 0 Å². The Hall–Kier alpha value is -2.35. The van der Waals surface area contributed by atoms with Gasteiger partial charge in [-0.3, -0.25) is 4.79 Å². The summed E-state index contributed by atoms with van der Waals surface area (Å²) < 4.78 is 0. The molecule has 0 fully saturated rings. The van der Waals surface area contributed by atoms with E-state index < -0.39 is 5.92 Å². The van der Waals surface area contributed by atoms with Crippen LogP contribution in [-0.4, -0.2) is 15.9 Å². The highest BCUT2D eigenvalue weighted by Crippen LogP contribution is 2.16. The number of hydrogen-bond donors (Lipinski definition) is 2. The maximum absolute atomic E-state index is 11.7. The molecule has 2 N–H and O–H groups in total. The number of anilines is 1. The number of aromatic amines is 1. The zero-order valence-corrected chi connectivity index (χ0v) is 9.40. The molecule has 5 nitrogen and oxygen atoms in total. The monoisotopic (exact) mass is 228 g/mol. The maximum Gasteiger partial charge on any atom is 0.241 e. The standard InChI is InChI=1S/C12H12N4O/c1-2-8(6-13)12(17)16-9-3-4-10-11(5-9)15-7-14-10/h3-5,7-8H,2H2,1H3,(H,14,15)(H,16,17). The van der Waals surface area contributed by atoms with Gasteiger partial charge in [0.1, 0.15) is 5.92 Å². The molecule has 0 aliphatic rings. The summed E-state index contributed by atoms with van der Waals surface area (Å²) in [6, 6.07) is 7.35. The first-order chi connectivity index (χ1) is 8.24. The second-order valence-corrected chi connectivity index (χ2v) is 3.71. The molecule has 2 rings (SSSR count). The van der Waals surface area contributed by atoms with Crippen molar-refractivity contribution < 1.29 is 4.79 Å². The SMILES string of the molecule is CCC(C#N)C(=O)Nc1ccc2nc[nH]c2c1. The van der Waals surface area contributed by atoms with Gasteiger partial charge in [-0.2, -0.15) is 5.26 Å². The van der Waals surface area contributed by atoms with Crippen LogP contribution < -0.4 is 5.32 Å². The highest BCUT2D eigenvalue weighted by Gasteiger charge is 2.15. The molecule has 0 aliphatic heterocycles. The molecule has 0 radical (unpaired) electrons. The van der Waals surface area contributed by atoms with Crippen molar-refractivity contribution in [1.82, 2.24) is 9.97 Å². The third-order valence-corrected chi connectivity index (χ3v) is 2.57. The van der Waals surface area contributed by atoms with E-state index in [1.54, 1.807) is 18.5 Å².